The molecule has 0 saturated carbocycles. The zero-order chi connectivity index (χ0) is 13.6. The standard InChI is InChI=1S/2C8H4S2.Sn/c2*1-3-9-5-7(1)8-2-4-10-6-8;/h2*3-6H;. The minimum atomic E-state index is -2.87. The van der Waals surface area contributed by atoms with E-state index >= 15 is 0 Å². The second-order valence-corrected chi connectivity index (χ2v) is 19.0. The van der Waals surface area contributed by atoms with Crippen molar-refractivity contribution in [2.24, 2.45) is 0 Å². The molecule has 21 heavy (non-hydrogen) atoms. The summed E-state index contributed by atoms with van der Waals surface area (Å²) in [5.74, 6) is 0. The quantitative estimate of drug-likeness (QED) is 0.314. The predicted molar refractivity (Wildman–Crippen MR) is 99.6 cm³/mol. The fraction of sp³-hybridized carbons (Fsp3) is 0. The number of fused-ring (bicyclic) bond motifs is 10. The minimum absolute atomic E-state index is 1.54. The molecule has 0 N–H and O–H groups in total. The molecule has 0 atom stereocenters. The van der Waals surface area contributed by atoms with Crippen molar-refractivity contribution in [1.82, 2.24) is 0 Å². The van der Waals surface area contributed by atoms with Gasteiger partial charge in [0.2, 0.25) is 0 Å². The molecule has 0 bridgehead atoms. The average molecular weight is 447 g/mol. The molecule has 4 aromatic heterocycles. The van der Waals surface area contributed by atoms with E-state index in [2.05, 4.69) is 43.0 Å². The molecule has 0 saturated heterocycles. The van der Waals surface area contributed by atoms with Gasteiger partial charge in [-0.2, -0.15) is 0 Å². The number of hydrogen-bond donors (Lipinski definition) is 0. The first-order chi connectivity index (χ1) is 10.4. The summed E-state index contributed by atoms with van der Waals surface area (Å²) in [5.41, 5.74) is 6.18. The molecule has 2 aliphatic heterocycles. The van der Waals surface area contributed by atoms with Crippen molar-refractivity contribution < 1.29 is 0 Å². The van der Waals surface area contributed by atoms with Crippen molar-refractivity contribution in [3.8, 4) is 22.3 Å². The van der Waals surface area contributed by atoms with E-state index in [0.29, 0.717) is 0 Å². The topological polar surface area (TPSA) is 0 Å². The van der Waals surface area contributed by atoms with Crippen LogP contribution in [0.2, 0.25) is 0 Å². The SMILES string of the molecule is c1sc[c]2c1-c1csc[c]1[Sn]21[c]2cscc2-c2csc[c]21. The van der Waals surface area contributed by atoms with Gasteiger partial charge in [0, 0.05) is 0 Å². The summed E-state index contributed by atoms with van der Waals surface area (Å²) in [4.78, 5) is 0. The summed E-state index contributed by atoms with van der Waals surface area (Å²) >= 11 is 4.69. The monoisotopic (exact) mass is 448 g/mol. The molecular formula is C16H8S4Sn. The third-order valence-electron chi connectivity index (χ3n) is 4.84. The Morgan fingerprint density at radius 1 is 0.429 bits per heavy atom. The summed E-state index contributed by atoms with van der Waals surface area (Å²) in [7, 11) is 0. The molecule has 0 amide bonds. The van der Waals surface area contributed by atoms with Gasteiger partial charge in [-0.1, -0.05) is 0 Å². The Balaban J connectivity index is 1.90. The summed E-state index contributed by atoms with van der Waals surface area (Å²) in [6.45, 7) is 0. The van der Waals surface area contributed by atoms with E-state index in [4.69, 9.17) is 0 Å². The summed E-state index contributed by atoms with van der Waals surface area (Å²) in [6, 6.07) is 0. The molecule has 2 aliphatic rings. The summed E-state index contributed by atoms with van der Waals surface area (Å²) < 4.78 is 6.85. The van der Waals surface area contributed by atoms with Gasteiger partial charge in [0.25, 0.3) is 0 Å². The fourth-order valence-electron chi connectivity index (χ4n) is 4.05. The molecule has 1 spiro atoms. The first kappa shape index (κ1) is 12.1. The van der Waals surface area contributed by atoms with Crippen LogP contribution >= 0.6 is 45.3 Å². The van der Waals surface area contributed by atoms with Gasteiger partial charge < -0.3 is 0 Å². The molecule has 0 fully saturated rings. The van der Waals surface area contributed by atoms with E-state index in [1.54, 1.807) is 36.6 Å². The Morgan fingerprint density at radius 2 is 0.714 bits per heavy atom. The van der Waals surface area contributed by atoms with E-state index in [9.17, 15) is 0 Å². The van der Waals surface area contributed by atoms with Gasteiger partial charge in [0.05, 0.1) is 0 Å². The zero-order valence-electron chi connectivity index (χ0n) is 10.8. The zero-order valence-corrected chi connectivity index (χ0v) is 16.9. The van der Waals surface area contributed by atoms with E-state index in [1.807, 2.05) is 45.3 Å². The van der Waals surface area contributed by atoms with Crippen molar-refractivity contribution >= 4 is 78.0 Å². The van der Waals surface area contributed by atoms with Gasteiger partial charge in [0.1, 0.15) is 0 Å². The Kier molecular flexibility index (Phi) is 2.25. The molecule has 0 unspecified atom stereocenters. The van der Waals surface area contributed by atoms with Gasteiger partial charge >= 0.3 is 143 Å². The number of rotatable bonds is 0. The Bertz CT molecular complexity index is 846. The molecular weight excluding hydrogens is 439 g/mol. The van der Waals surface area contributed by atoms with Gasteiger partial charge in [-0.25, -0.2) is 0 Å². The molecule has 100 valence electrons. The van der Waals surface area contributed by atoms with Crippen LogP contribution < -0.4 is 14.3 Å². The van der Waals surface area contributed by atoms with Crippen LogP contribution in [0.1, 0.15) is 0 Å². The van der Waals surface area contributed by atoms with E-state index < -0.39 is 18.4 Å². The van der Waals surface area contributed by atoms with Crippen LogP contribution in [0.4, 0.5) is 0 Å². The first-order valence-electron chi connectivity index (χ1n) is 6.70. The Hall–Kier alpha value is -0.401. The second-order valence-electron chi connectivity index (χ2n) is 5.55. The number of thiophene rings is 4. The predicted octanol–water partition coefficient (Wildman–Crippen LogP) is 3.27. The fourth-order valence-corrected chi connectivity index (χ4v) is 29.2. The molecule has 5 heteroatoms. The molecule has 6 rings (SSSR count). The molecule has 0 nitrogen and oxygen atoms in total. The van der Waals surface area contributed by atoms with Crippen molar-refractivity contribution in [1.29, 1.82) is 0 Å². The third kappa shape index (κ3) is 1.18. The molecule has 0 aliphatic carbocycles. The van der Waals surface area contributed by atoms with E-state index in [0.717, 1.165) is 0 Å². The molecule has 0 radical (unpaired) electrons. The van der Waals surface area contributed by atoms with Crippen molar-refractivity contribution in [2.75, 3.05) is 0 Å². The van der Waals surface area contributed by atoms with Crippen molar-refractivity contribution in [2.45, 2.75) is 0 Å². The second kappa shape index (κ2) is 3.92. The third-order valence-corrected chi connectivity index (χ3v) is 24.2. The molecule has 0 aromatic carbocycles. The van der Waals surface area contributed by atoms with E-state index in [-0.39, 0.29) is 0 Å². The Morgan fingerprint density at radius 3 is 1.00 bits per heavy atom. The van der Waals surface area contributed by atoms with E-state index in [1.165, 1.54) is 0 Å². The first-order valence-corrected chi connectivity index (χ1v) is 16.2. The van der Waals surface area contributed by atoms with Crippen LogP contribution in [0.25, 0.3) is 22.3 Å². The summed E-state index contributed by atoms with van der Waals surface area (Å²) in [5, 5.41) is 19.4. The number of hydrogen-bond acceptors (Lipinski definition) is 4. The van der Waals surface area contributed by atoms with Gasteiger partial charge in [-0.15, -0.1) is 0 Å². The van der Waals surface area contributed by atoms with Crippen LogP contribution in [0.15, 0.2) is 43.0 Å². The van der Waals surface area contributed by atoms with Gasteiger partial charge in [0.15, 0.2) is 0 Å². The van der Waals surface area contributed by atoms with Crippen LogP contribution in [0.3, 0.4) is 0 Å². The maximum atomic E-state index is 2.46. The average Bonchev–Trinajstić information content (AvgIpc) is 3.26. The van der Waals surface area contributed by atoms with Crippen LogP contribution in [0.5, 0.6) is 0 Å². The maximum absolute atomic E-state index is 2.87. The van der Waals surface area contributed by atoms with Gasteiger partial charge in [-0.3, -0.25) is 0 Å². The van der Waals surface area contributed by atoms with Crippen LogP contribution in [0, 0.1) is 0 Å². The van der Waals surface area contributed by atoms with Crippen LogP contribution in [-0.2, 0) is 0 Å². The van der Waals surface area contributed by atoms with Crippen molar-refractivity contribution in [3.05, 3.63) is 43.0 Å². The summed E-state index contributed by atoms with van der Waals surface area (Å²) in [6.07, 6.45) is 0. The van der Waals surface area contributed by atoms with Crippen LogP contribution in [-0.4, -0.2) is 18.4 Å². The Labute approximate surface area is 142 Å². The molecule has 4 aromatic rings. The van der Waals surface area contributed by atoms with Gasteiger partial charge in [-0.05, 0) is 0 Å². The van der Waals surface area contributed by atoms with Crippen molar-refractivity contribution in [3.63, 3.8) is 0 Å². The molecule has 6 heterocycles. The normalized spacial score (nSPS) is 16.0.